The van der Waals surface area contributed by atoms with Crippen LogP contribution in [-0.4, -0.2) is 75.2 Å². The summed E-state index contributed by atoms with van der Waals surface area (Å²) >= 11 is 10.8. The summed E-state index contributed by atoms with van der Waals surface area (Å²) in [5.74, 6) is 0.481. The average Bonchev–Trinajstić information content (AvgIpc) is 3.22. The zero-order chi connectivity index (χ0) is 21.0. The Bertz CT molecular complexity index is 1060. The maximum absolute atomic E-state index is 12.0. The predicted octanol–water partition coefficient (Wildman–Crippen LogP) is 0.0445. The fraction of sp³-hybridized carbons (Fsp3) is 0.529. The van der Waals surface area contributed by atoms with Crippen molar-refractivity contribution in [1.29, 1.82) is 0 Å². The van der Waals surface area contributed by atoms with E-state index in [1.807, 2.05) is 36.2 Å². The number of nitrogens with zero attached hydrogens (tertiary/aromatic N) is 2. The molecule has 8 nitrogen and oxygen atoms in total. The average molecular weight is 475 g/mol. The lowest BCUT2D eigenvalue weighted by Crippen LogP contribution is -2.43. The highest BCUT2D eigenvalue weighted by Crippen LogP contribution is 2.30. The van der Waals surface area contributed by atoms with Gasteiger partial charge in [-0.25, -0.2) is 16.8 Å². The van der Waals surface area contributed by atoms with Crippen LogP contribution in [0.25, 0.3) is 0 Å². The molecule has 2 N–H and O–H groups in total. The number of nitrogens with one attached hydrogen (secondary N) is 2. The second-order valence-corrected chi connectivity index (χ2v) is 12.9. The van der Waals surface area contributed by atoms with Crippen molar-refractivity contribution >= 4 is 65.7 Å². The molecule has 1 aromatic carbocycles. The molecule has 3 atom stereocenters. The second kappa shape index (κ2) is 7.33. The molecule has 3 aliphatic heterocycles. The molecule has 1 aromatic rings. The van der Waals surface area contributed by atoms with Gasteiger partial charge in [0.15, 0.2) is 29.9 Å². The zero-order valence-corrected chi connectivity index (χ0v) is 19.0. The van der Waals surface area contributed by atoms with Gasteiger partial charge in [0.1, 0.15) is 0 Å². The molecular weight excluding hydrogens is 452 g/mol. The first-order chi connectivity index (χ1) is 13.5. The lowest BCUT2D eigenvalue weighted by atomic mass is 10.1. The van der Waals surface area contributed by atoms with E-state index in [1.165, 1.54) is 0 Å². The van der Waals surface area contributed by atoms with Crippen LogP contribution in [0, 0.1) is 0 Å². The number of sulfone groups is 2. The summed E-state index contributed by atoms with van der Waals surface area (Å²) in [5.41, 5.74) is 1.66. The molecule has 0 radical (unpaired) electrons. The van der Waals surface area contributed by atoms with E-state index in [0.29, 0.717) is 16.6 Å². The molecule has 12 heteroatoms. The monoisotopic (exact) mass is 474 g/mol. The molecule has 158 valence electrons. The van der Waals surface area contributed by atoms with Gasteiger partial charge in [-0.05, 0) is 55.1 Å². The second-order valence-electron chi connectivity index (χ2n) is 7.70. The highest BCUT2D eigenvalue weighted by molar-refractivity contribution is 7.92. The third-order valence-electron chi connectivity index (χ3n) is 5.56. The highest BCUT2D eigenvalue weighted by atomic mass is 32.2. The van der Waals surface area contributed by atoms with Crippen LogP contribution in [-0.2, 0) is 19.7 Å². The number of benzene rings is 1. The number of thiocarbonyl (C=S) groups is 2. The van der Waals surface area contributed by atoms with Crippen molar-refractivity contribution < 1.29 is 16.8 Å². The van der Waals surface area contributed by atoms with Crippen LogP contribution in [0.2, 0.25) is 0 Å². The molecule has 29 heavy (non-hydrogen) atoms. The number of anilines is 2. The molecule has 4 rings (SSSR count). The lowest BCUT2D eigenvalue weighted by Gasteiger charge is -2.26. The molecule has 3 heterocycles. The van der Waals surface area contributed by atoms with Gasteiger partial charge in [-0.3, -0.25) is 0 Å². The molecular formula is C17H22N4O4S4. The van der Waals surface area contributed by atoms with Crippen molar-refractivity contribution in [3.63, 3.8) is 0 Å². The van der Waals surface area contributed by atoms with Crippen LogP contribution in [0.1, 0.15) is 6.42 Å². The van der Waals surface area contributed by atoms with E-state index in [4.69, 9.17) is 24.4 Å². The summed E-state index contributed by atoms with van der Waals surface area (Å²) in [5, 5.41) is 7.23. The summed E-state index contributed by atoms with van der Waals surface area (Å²) in [7, 11) is -4.22. The summed E-state index contributed by atoms with van der Waals surface area (Å²) in [6, 6.07) is 7.01. The van der Waals surface area contributed by atoms with Crippen LogP contribution in [0.5, 0.6) is 0 Å². The van der Waals surface area contributed by atoms with Crippen molar-refractivity contribution in [1.82, 2.24) is 10.6 Å². The number of hydrogen-bond donors (Lipinski definition) is 2. The van der Waals surface area contributed by atoms with Gasteiger partial charge in [0.2, 0.25) is 0 Å². The molecule has 3 aliphatic rings. The van der Waals surface area contributed by atoms with Crippen LogP contribution in [0.15, 0.2) is 24.3 Å². The van der Waals surface area contributed by atoms with Crippen molar-refractivity contribution in [3.05, 3.63) is 24.3 Å². The Morgan fingerprint density at radius 2 is 1.83 bits per heavy atom. The van der Waals surface area contributed by atoms with Gasteiger partial charge in [-0.15, -0.1) is 0 Å². The van der Waals surface area contributed by atoms with E-state index in [1.54, 1.807) is 4.90 Å². The predicted molar refractivity (Wildman–Crippen MR) is 122 cm³/mol. The van der Waals surface area contributed by atoms with Gasteiger partial charge in [0, 0.05) is 24.5 Å². The van der Waals surface area contributed by atoms with Crippen molar-refractivity contribution in [2.45, 2.75) is 24.5 Å². The molecule has 0 bridgehead atoms. The van der Waals surface area contributed by atoms with E-state index in [0.717, 1.165) is 11.4 Å². The lowest BCUT2D eigenvalue weighted by molar-refractivity contribution is 0.598. The summed E-state index contributed by atoms with van der Waals surface area (Å²) in [4.78, 5) is 3.65. The minimum absolute atomic E-state index is 0.0881. The Morgan fingerprint density at radius 3 is 2.45 bits per heavy atom. The smallest absolute Gasteiger partial charge is 0.174 e. The first kappa shape index (κ1) is 20.8. The molecule has 0 amide bonds. The van der Waals surface area contributed by atoms with Crippen molar-refractivity contribution in [2.24, 2.45) is 0 Å². The molecule has 0 saturated carbocycles. The van der Waals surface area contributed by atoms with E-state index in [2.05, 4.69) is 10.6 Å². The fourth-order valence-electron chi connectivity index (χ4n) is 4.04. The molecule has 0 spiro atoms. The van der Waals surface area contributed by atoms with E-state index in [9.17, 15) is 16.8 Å². The van der Waals surface area contributed by atoms with E-state index in [-0.39, 0.29) is 41.1 Å². The van der Waals surface area contributed by atoms with Gasteiger partial charge < -0.3 is 20.4 Å². The van der Waals surface area contributed by atoms with E-state index >= 15 is 0 Å². The SMILES string of the molecule is CN(C(=S)NC1CCS(=O)(=O)C1)c1ccc(N2C(=S)NC3CS(=O)(=O)CC32)cc1. The largest absolute Gasteiger partial charge is 0.358 e. The maximum atomic E-state index is 12.0. The summed E-state index contributed by atoms with van der Waals surface area (Å²) in [6.45, 7) is 0. The number of fused-ring (bicyclic) bond motifs is 1. The minimum Gasteiger partial charge on any atom is -0.358 e. The number of hydrogen-bond acceptors (Lipinski definition) is 6. The van der Waals surface area contributed by atoms with Crippen LogP contribution >= 0.6 is 24.4 Å². The summed E-state index contributed by atoms with van der Waals surface area (Å²) in [6.07, 6.45) is 0.556. The van der Waals surface area contributed by atoms with Crippen molar-refractivity contribution in [3.8, 4) is 0 Å². The highest BCUT2D eigenvalue weighted by Gasteiger charge is 2.47. The maximum Gasteiger partial charge on any atom is 0.174 e. The Hall–Kier alpha value is -1.50. The van der Waals surface area contributed by atoms with Gasteiger partial charge >= 0.3 is 0 Å². The third-order valence-corrected chi connectivity index (χ3v) is 9.75. The standard InChI is InChI=1S/C17H22N4O4S4/c1-20(16(26)18-11-6-7-28(22,23)8-11)12-2-4-13(5-3-12)21-15-10-29(24,25)9-14(15)19-17(21)27/h2-5,11,14-15H,6-10H2,1H3,(H,18,26)(H,19,27). The Morgan fingerprint density at radius 1 is 1.14 bits per heavy atom. The summed E-state index contributed by atoms with van der Waals surface area (Å²) < 4.78 is 47.1. The topological polar surface area (TPSA) is 98.8 Å². The first-order valence-electron chi connectivity index (χ1n) is 9.19. The quantitative estimate of drug-likeness (QED) is 0.585. The van der Waals surface area contributed by atoms with Gasteiger partial charge in [-0.2, -0.15) is 0 Å². The Balaban J connectivity index is 1.45. The Kier molecular flexibility index (Phi) is 5.24. The third kappa shape index (κ3) is 4.21. The van der Waals surface area contributed by atoms with Gasteiger partial charge in [-0.1, -0.05) is 0 Å². The minimum atomic E-state index is -3.06. The van der Waals surface area contributed by atoms with Crippen LogP contribution in [0.3, 0.4) is 0 Å². The van der Waals surface area contributed by atoms with E-state index < -0.39 is 19.7 Å². The molecule has 3 unspecified atom stereocenters. The molecule has 0 aromatic heterocycles. The Labute approximate surface area is 181 Å². The van der Waals surface area contributed by atoms with Gasteiger partial charge in [0.05, 0.1) is 35.1 Å². The van der Waals surface area contributed by atoms with Crippen LogP contribution in [0.4, 0.5) is 11.4 Å². The van der Waals surface area contributed by atoms with Crippen molar-refractivity contribution in [2.75, 3.05) is 39.9 Å². The zero-order valence-electron chi connectivity index (χ0n) is 15.7. The molecule has 0 aliphatic carbocycles. The normalized spacial score (nSPS) is 29.3. The first-order valence-corrected chi connectivity index (χ1v) is 13.7. The molecule has 3 saturated heterocycles. The number of rotatable bonds is 3. The van der Waals surface area contributed by atoms with Crippen LogP contribution < -0.4 is 20.4 Å². The fourth-order valence-corrected chi connectivity index (χ4v) is 8.27. The van der Waals surface area contributed by atoms with Gasteiger partial charge in [0.25, 0.3) is 0 Å². The molecule has 3 fully saturated rings.